The summed E-state index contributed by atoms with van der Waals surface area (Å²) in [5.41, 5.74) is 3.61. The van der Waals surface area contributed by atoms with E-state index in [9.17, 15) is 10.1 Å². The van der Waals surface area contributed by atoms with Crippen LogP contribution in [0.15, 0.2) is 42.0 Å². The van der Waals surface area contributed by atoms with Gasteiger partial charge in [0.05, 0.1) is 10.7 Å². The van der Waals surface area contributed by atoms with Crippen LogP contribution in [-0.2, 0) is 4.79 Å². The van der Waals surface area contributed by atoms with E-state index >= 15 is 0 Å². The number of methoxy groups -OCH3 is 1. The van der Waals surface area contributed by atoms with Crippen LogP contribution < -0.4 is 10.1 Å². The molecule has 0 aliphatic rings. The van der Waals surface area contributed by atoms with Gasteiger partial charge < -0.3 is 10.1 Å². The van der Waals surface area contributed by atoms with Crippen LogP contribution in [0.25, 0.3) is 6.08 Å². The minimum Gasteiger partial charge on any atom is -0.496 e. The van der Waals surface area contributed by atoms with E-state index in [1.165, 1.54) is 0 Å². The Balaban J connectivity index is 2.25. The molecule has 0 unspecified atom stereocenters. The molecule has 0 aliphatic carbocycles. The summed E-state index contributed by atoms with van der Waals surface area (Å²) in [5.74, 6) is 0.335. The van der Waals surface area contributed by atoms with Crippen molar-refractivity contribution in [2.45, 2.75) is 13.8 Å². The van der Waals surface area contributed by atoms with E-state index in [0.29, 0.717) is 5.69 Å². The van der Waals surface area contributed by atoms with Gasteiger partial charge in [0.1, 0.15) is 17.4 Å². The first kappa shape index (κ1) is 18.0. The number of halogens is 1. The number of nitriles is 1. The van der Waals surface area contributed by atoms with E-state index in [1.54, 1.807) is 13.2 Å². The fourth-order valence-electron chi connectivity index (χ4n) is 2.23. The molecular weight excluding hydrogens is 415 g/mol. The van der Waals surface area contributed by atoms with Crippen molar-refractivity contribution in [3.05, 3.63) is 62.2 Å². The van der Waals surface area contributed by atoms with E-state index in [4.69, 9.17) is 4.74 Å². The fourth-order valence-corrected chi connectivity index (χ4v) is 2.99. The molecule has 0 aromatic heterocycles. The maximum absolute atomic E-state index is 12.4. The maximum atomic E-state index is 12.4. The van der Waals surface area contributed by atoms with Crippen molar-refractivity contribution >= 4 is 40.3 Å². The number of benzene rings is 2. The first-order valence-corrected chi connectivity index (χ1v) is 8.36. The maximum Gasteiger partial charge on any atom is 0.266 e. The zero-order valence-corrected chi connectivity index (χ0v) is 15.8. The van der Waals surface area contributed by atoms with Crippen molar-refractivity contribution in [3.63, 3.8) is 0 Å². The van der Waals surface area contributed by atoms with Crippen molar-refractivity contribution < 1.29 is 9.53 Å². The predicted octanol–water partition coefficient (Wildman–Crippen LogP) is 4.46. The number of carbonyl (C=O) groups excluding carboxylic acids is 1. The standard InChI is InChI=1S/C19H17IN2O2/c1-12-4-6-17(13(2)8-12)22-19(23)15(11-21)9-14-5-7-18(24-3)16(20)10-14/h4-10H,1-3H3,(H,22,23)/b15-9+. The first-order valence-electron chi connectivity index (χ1n) is 7.28. The number of hydrogen-bond acceptors (Lipinski definition) is 3. The smallest absolute Gasteiger partial charge is 0.266 e. The largest absolute Gasteiger partial charge is 0.496 e. The van der Waals surface area contributed by atoms with Gasteiger partial charge in [-0.2, -0.15) is 5.26 Å². The predicted molar refractivity (Wildman–Crippen MR) is 104 cm³/mol. The van der Waals surface area contributed by atoms with E-state index in [0.717, 1.165) is 26.0 Å². The van der Waals surface area contributed by atoms with Gasteiger partial charge in [-0.25, -0.2) is 0 Å². The number of nitrogens with one attached hydrogen (secondary N) is 1. The number of aryl methyl sites for hydroxylation is 2. The Kier molecular flexibility index (Phi) is 5.99. The molecule has 0 radical (unpaired) electrons. The van der Waals surface area contributed by atoms with Crippen molar-refractivity contribution in [2.75, 3.05) is 12.4 Å². The molecule has 0 saturated heterocycles. The topological polar surface area (TPSA) is 62.1 Å². The monoisotopic (exact) mass is 432 g/mol. The Bertz CT molecular complexity index is 851. The van der Waals surface area contributed by atoms with E-state index in [1.807, 2.05) is 56.3 Å². The molecule has 2 rings (SSSR count). The highest BCUT2D eigenvalue weighted by Crippen LogP contribution is 2.23. The van der Waals surface area contributed by atoms with Gasteiger partial charge in [-0.05, 0) is 71.8 Å². The zero-order chi connectivity index (χ0) is 17.7. The molecule has 1 N–H and O–H groups in total. The molecule has 1 amide bonds. The number of hydrogen-bond donors (Lipinski definition) is 1. The highest BCUT2D eigenvalue weighted by molar-refractivity contribution is 14.1. The lowest BCUT2D eigenvalue weighted by molar-refractivity contribution is -0.112. The van der Waals surface area contributed by atoms with Crippen LogP contribution in [0.4, 0.5) is 5.69 Å². The molecule has 2 aromatic rings. The lowest BCUT2D eigenvalue weighted by atomic mass is 10.1. The lowest BCUT2D eigenvalue weighted by Gasteiger charge is -2.09. The van der Waals surface area contributed by atoms with Crippen molar-refractivity contribution in [1.82, 2.24) is 0 Å². The summed E-state index contributed by atoms with van der Waals surface area (Å²) in [6.07, 6.45) is 1.57. The van der Waals surface area contributed by atoms with Crippen LogP contribution >= 0.6 is 22.6 Å². The Hall–Kier alpha value is -2.33. The summed E-state index contributed by atoms with van der Waals surface area (Å²) >= 11 is 2.15. The molecule has 2 aromatic carbocycles. The van der Waals surface area contributed by atoms with Gasteiger partial charge in [0.15, 0.2) is 0 Å². The third-order valence-corrected chi connectivity index (χ3v) is 4.33. The van der Waals surface area contributed by atoms with Crippen LogP contribution in [0.3, 0.4) is 0 Å². The molecule has 122 valence electrons. The van der Waals surface area contributed by atoms with Gasteiger partial charge in [-0.3, -0.25) is 4.79 Å². The molecular formula is C19H17IN2O2. The summed E-state index contributed by atoms with van der Waals surface area (Å²) in [5, 5.41) is 12.1. The average molecular weight is 432 g/mol. The molecule has 24 heavy (non-hydrogen) atoms. The fraction of sp³-hybridized carbons (Fsp3) is 0.158. The summed E-state index contributed by atoms with van der Waals surface area (Å²) in [7, 11) is 1.60. The third-order valence-electron chi connectivity index (χ3n) is 3.48. The molecule has 5 heteroatoms. The van der Waals surface area contributed by atoms with Crippen molar-refractivity contribution in [1.29, 1.82) is 5.26 Å². The molecule has 0 atom stereocenters. The zero-order valence-electron chi connectivity index (χ0n) is 13.7. The van der Waals surface area contributed by atoms with Crippen LogP contribution in [0, 0.1) is 28.7 Å². The number of rotatable bonds is 4. The van der Waals surface area contributed by atoms with Gasteiger partial charge in [-0.1, -0.05) is 23.8 Å². The average Bonchev–Trinajstić information content (AvgIpc) is 2.55. The molecule has 0 fully saturated rings. The van der Waals surface area contributed by atoms with Crippen molar-refractivity contribution in [3.8, 4) is 11.8 Å². The molecule has 0 aliphatic heterocycles. The highest BCUT2D eigenvalue weighted by atomic mass is 127. The normalized spacial score (nSPS) is 10.9. The first-order chi connectivity index (χ1) is 11.4. The van der Waals surface area contributed by atoms with Crippen LogP contribution in [0.2, 0.25) is 0 Å². The number of carbonyl (C=O) groups is 1. The summed E-state index contributed by atoms with van der Waals surface area (Å²) in [6, 6.07) is 13.2. The second-order valence-corrected chi connectivity index (χ2v) is 6.50. The molecule has 0 bridgehead atoms. The Labute approximate surface area is 155 Å². The van der Waals surface area contributed by atoms with Crippen LogP contribution in [-0.4, -0.2) is 13.0 Å². The van der Waals surface area contributed by atoms with Crippen molar-refractivity contribution in [2.24, 2.45) is 0 Å². The molecule has 0 saturated carbocycles. The minimum absolute atomic E-state index is 0.0518. The summed E-state index contributed by atoms with van der Waals surface area (Å²) in [4.78, 5) is 12.4. The second-order valence-electron chi connectivity index (χ2n) is 5.34. The van der Waals surface area contributed by atoms with E-state index in [-0.39, 0.29) is 5.57 Å². The molecule has 0 heterocycles. The Morgan fingerprint density at radius 1 is 1.25 bits per heavy atom. The SMILES string of the molecule is COc1ccc(/C=C(\C#N)C(=O)Nc2ccc(C)cc2C)cc1I. The summed E-state index contributed by atoms with van der Waals surface area (Å²) < 4.78 is 6.12. The van der Waals surface area contributed by atoms with Crippen LogP contribution in [0.5, 0.6) is 5.75 Å². The highest BCUT2D eigenvalue weighted by Gasteiger charge is 2.11. The number of ether oxygens (including phenoxy) is 1. The minimum atomic E-state index is -0.421. The van der Waals surface area contributed by atoms with Gasteiger partial charge in [0.2, 0.25) is 0 Å². The Morgan fingerprint density at radius 3 is 2.58 bits per heavy atom. The van der Waals surface area contributed by atoms with Gasteiger partial charge in [0.25, 0.3) is 5.91 Å². The quantitative estimate of drug-likeness (QED) is 0.441. The van der Waals surface area contributed by atoms with E-state index < -0.39 is 5.91 Å². The number of amides is 1. The Morgan fingerprint density at radius 2 is 2.00 bits per heavy atom. The molecule has 4 nitrogen and oxygen atoms in total. The second kappa shape index (κ2) is 7.97. The summed E-state index contributed by atoms with van der Waals surface area (Å²) in [6.45, 7) is 3.91. The van der Waals surface area contributed by atoms with E-state index in [2.05, 4.69) is 27.9 Å². The van der Waals surface area contributed by atoms with Gasteiger partial charge >= 0.3 is 0 Å². The lowest BCUT2D eigenvalue weighted by Crippen LogP contribution is -2.14. The third kappa shape index (κ3) is 4.36. The molecule has 0 spiro atoms. The number of anilines is 1. The van der Waals surface area contributed by atoms with Gasteiger partial charge in [0, 0.05) is 5.69 Å². The van der Waals surface area contributed by atoms with Gasteiger partial charge in [-0.15, -0.1) is 0 Å². The number of nitrogens with zero attached hydrogens (tertiary/aromatic N) is 1. The van der Waals surface area contributed by atoms with Crippen LogP contribution in [0.1, 0.15) is 16.7 Å².